The number of nitrogen functional groups attached to an aromatic ring is 1. The average molecular weight is 197 g/mol. The third kappa shape index (κ3) is 1.59. The molecule has 15 heavy (non-hydrogen) atoms. The summed E-state index contributed by atoms with van der Waals surface area (Å²) >= 11 is 0. The average Bonchev–Trinajstić information content (AvgIpc) is 2.63. The molecule has 0 radical (unpaired) electrons. The van der Waals surface area contributed by atoms with Crippen molar-refractivity contribution >= 4 is 16.9 Å². The van der Waals surface area contributed by atoms with Crippen LogP contribution in [0.2, 0.25) is 0 Å². The quantitative estimate of drug-likeness (QED) is 0.611. The Bertz CT molecular complexity index is 594. The van der Waals surface area contributed by atoms with Crippen LogP contribution >= 0.6 is 0 Å². The van der Waals surface area contributed by atoms with E-state index >= 15 is 0 Å². The number of H-pyrrole nitrogens is 1. The smallest absolute Gasteiger partial charge is 0.144 e. The topological polar surface area (TPSA) is 91.4 Å². The molecule has 3 N–H and O–H groups in total. The van der Waals surface area contributed by atoms with Crippen molar-refractivity contribution in [1.82, 2.24) is 15.0 Å². The van der Waals surface area contributed by atoms with Crippen LogP contribution in [0.4, 0.5) is 5.82 Å². The molecule has 5 nitrogen and oxygen atoms in total. The summed E-state index contributed by atoms with van der Waals surface area (Å²) in [4.78, 5) is 10.8. The largest absolute Gasteiger partial charge is 0.383 e. The third-order valence-electron chi connectivity index (χ3n) is 1.89. The Kier molecular flexibility index (Phi) is 2.22. The maximum Gasteiger partial charge on any atom is 0.144 e. The van der Waals surface area contributed by atoms with Gasteiger partial charge in [0.25, 0.3) is 0 Å². The minimum absolute atomic E-state index is 0.195. The number of rotatable bonds is 0. The van der Waals surface area contributed by atoms with Crippen LogP contribution in [0.1, 0.15) is 12.0 Å². The molecule has 0 saturated heterocycles. The minimum atomic E-state index is 0.195. The van der Waals surface area contributed by atoms with Gasteiger partial charge in [-0.15, -0.1) is 0 Å². The molecule has 2 aromatic rings. The van der Waals surface area contributed by atoms with E-state index < -0.39 is 0 Å². The van der Waals surface area contributed by atoms with E-state index in [1.165, 1.54) is 6.33 Å². The van der Waals surface area contributed by atoms with Crippen molar-refractivity contribution < 1.29 is 0 Å². The van der Waals surface area contributed by atoms with Gasteiger partial charge in [0, 0.05) is 6.20 Å². The maximum absolute atomic E-state index is 8.35. The summed E-state index contributed by atoms with van der Waals surface area (Å²) in [6.45, 7) is 0. The van der Waals surface area contributed by atoms with Crippen LogP contribution in [-0.2, 0) is 0 Å². The van der Waals surface area contributed by atoms with Crippen LogP contribution in [0.5, 0.6) is 0 Å². The maximum atomic E-state index is 8.35. The van der Waals surface area contributed by atoms with Crippen LogP contribution in [0.3, 0.4) is 0 Å². The summed E-state index contributed by atoms with van der Waals surface area (Å²) in [6.07, 6.45) is 3.29. The number of nitrogens with one attached hydrogen (secondary N) is 1. The van der Waals surface area contributed by atoms with Gasteiger partial charge < -0.3 is 10.7 Å². The molecule has 0 aromatic carbocycles. The summed E-state index contributed by atoms with van der Waals surface area (Å²) in [5.74, 6) is 5.95. The predicted octanol–water partition coefficient (Wildman–Crippen LogP) is 0.805. The van der Waals surface area contributed by atoms with Gasteiger partial charge in [0.1, 0.15) is 17.8 Å². The number of fused-ring (bicyclic) bond motifs is 1. The molecule has 2 rings (SSSR count). The fraction of sp³-hybridized carbons (Fsp3) is 0.100. The molecular weight excluding hydrogens is 190 g/mol. The van der Waals surface area contributed by atoms with Crippen molar-refractivity contribution in [2.24, 2.45) is 0 Å². The van der Waals surface area contributed by atoms with Crippen molar-refractivity contribution in [3.05, 3.63) is 18.1 Å². The van der Waals surface area contributed by atoms with Gasteiger partial charge in [-0.2, -0.15) is 5.26 Å². The zero-order valence-corrected chi connectivity index (χ0v) is 7.78. The highest BCUT2D eigenvalue weighted by atomic mass is 15.0. The van der Waals surface area contributed by atoms with E-state index in [2.05, 4.69) is 26.8 Å². The molecule has 0 atom stereocenters. The molecule has 5 heteroatoms. The van der Waals surface area contributed by atoms with Crippen LogP contribution in [0, 0.1) is 23.2 Å². The summed E-state index contributed by atoms with van der Waals surface area (Å²) in [5, 5.41) is 9.06. The van der Waals surface area contributed by atoms with Gasteiger partial charge in [0.05, 0.1) is 23.4 Å². The predicted molar refractivity (Wildman–Crippen MR) is 55.4 cm³/mol. The molecule has 0 unspecified atom stereocenters. The Morgan fingerprint density at radius 2 is 2.33 bits per heavy atom. The molecule has 0 aliphatic carbocycles. The minimum Gasteiger partial charge on any atom is -0.383 e. The van der Waals surface area contributed by atoms with Gasteiger partial charge in [-0.1, -0.05) is 11.8 Å². The highest BCUT2D eigenvalue weighted by Crippen LogP contribution is 2.19. The van der Waals surface area contributed by atoms with E-state index in [4.69, 9.17) is 11.0 Å². The van der Waals surface area contributed by atoms with E-state index in [0.717, 1.165) is 5.56 Å². The Morgan fingerprint density at radius 1 is 1.47 bits per heavy atom. The highest BCUT2D eigenvalue weighted by molar-refractivity contribution is 5.91. The fourth-order valence-electron chi connectivity index (χ4n) is 1.26. The number of anilines is 1. The number of nitriles is 1. The zero-order valence-electron chi connectivity index (χ0n) is 7.78. The number of hydrogen-bond acceptors (Lipinski definition) is 4. The Morgan fingerprint density at radius 3 is 3.13 bits per heavy atom. The molecule has 0 aliphatic heterocycles. The molecule has 0 saturated carbocycles. The zero-order chi connectivity index (χ0) is 10.7. The molecule has 0 aliphatic rings. The molecule has 2 heterocycles. The van der Waals surface area contributed by atoms with Gasteiger partial charge in [-0.3, -0.25) is 0 Å². The second-order valence-corrected chi connectivity index (χ2v) is 2.82. The van der Waals surface area contributed by atoms with Gasteiger partial charge in [0.2, 0.25) is 0 Å². The van der Waals surface area contributed by atoms with E-state index in [9.17, 15) is 0 Å². The number of aromatic amines is 1. The number of nitrogens with zero attached hydrogens (tertiary/aromatic N) is 3. The Balaban J connectivity index is 2.55. The highest BCUT2D eigenvalue weighted by Gasteiger charge is 2.05. The molecule has 0 amide bonds. The molecule has 72 valence electrons. The molecular formula is C10H7N5. The lowest BCUT2D eigenvalue weighted by molar-refractivity contribution is 1.21. The first kappa shape index (κ1) is 9.04. The summed E-state index contributed by atoms with van der Waals surface area (Å²) < 4.78 is 0. The first-order chi connectivity index (χ1) is 7.33. The first-order valence-electron chi connectivity index (χ1n) is 4.26. The lowest BCUT2D eigenvalue weighted by Crippen LogP contribution is -1.92. The van der Waals surface area contributed by atoms with E-state index in [1.807, 2.05) is 6.07 Å². The van der Waals surface area contributed by atoms with Crippen molar-refractivity contribution in [2.75, 3.05) is 5.73 Å². The lowest BCUT2D eigenvalue weighted by atomic mass is 10.2. The summed E-state index contributed by atoms with van der Waals surface area (Å²) in [6, 6.07) is 1.95. The SMILES string of the molecule is N#CCC#Cc1c[nH]c2ncnc(N)c12. The lowest BCUT2D eigenvalue weighted by Gasteiger charge is -1.93. The fourth-order valence-corrected chi connectivity index (χ4v) is 1.26. The normalized spacial score (nSPS) is 9.27. The Labute approximate surface area is 86.0 Å². The van der Waals surface area contributed by atoms with Gasteiger partial charge in [-0.05, 0) is 0 Å². The van der Waals surface area contributed by atoms with E-state index in [1.54, 1.807) is 6.20 Å². The van der Waals surface area contributed by atoms with Crippen molar-refractivity contribution in [3.8, 4) is 17.9 Å². The number of aromatic nitrogens is 3. The van der Waals surface area contributed by atoms with E-state index in [-0.39, 0.29) is 6.42 Å². The third-order valence-corrected chi connectivity index (χ3v) is 1.89. The first-order valence-corrected chi connectivity index (χ1v) is 4.26. The van der Waals surface area contributed by atoms with Crippen molar-refractivity contribution in [3.63, 3.8) is 0 Å². The molecule has 2 aromatic heterocycles. The Hall–Kier alpha value is -2.53. The molecule has 0 fully saturated rings. The van der Waals surface area contributed by atoms with Crippen LogP contribution < -0.4 is 5.73 Å². The van der Waals surface area contributed by atoms with Crippen molar-refractivity contribution in [1.29, 1.82) is 5.26 Å². The second-order valence-electron chi connectivity index (χ2n) is 2.82. The summed E-state index contributed by atoms with van der Waals surface area (Å²) in [7, 11) is 0. The monoisotopic (exact) mass is 197 g/mol. The molecule has 0 spiro atoms. The number of hydrogen-bond donors (Lipinski definition) is 2. The standard InChI is InChI=1S/C10H7N5/c11-4-2-1-3-7-5-13-10-8(7)9(12)14-6-15-10/h5-6H,2H2,(H3,12,13,14,15). The molecule has 0 bridgehead atoms. The van der Waals surface area contributed by atoms with Gasteiger partial charge >= 0.3 is 0 Å². The van der Waals surface area contributed by atoms with E-state index in [0.29, 0.717) is 16.9 Å². The van der Waals surface area contributed by atoms with Gasteiger partial charge in [0.15, 0.2) is 0 Å². The van der Waals surface area contributed by atoms with Crippen molar-refractivity contribution in [2.45, 2.75) is 6.42 Å². The van der Waals surface area contributed by atoms with Crippen LogP contribution in [0.15, 0.2) is 12.5 Å². The number of nitrogens with two attached hydrogens (primary N) is 1. The van der Waals surface area contributed by atoms with Gasteiger partial charge in [-0.25, -0.2) is 9.97 Å². The second kappa shape index (κ2) is 3.69. The van der Waals surface area contributed by atoms with Crippen LogP contribution in [-0.4, -0.2) is 15.0 Å². The summed E-state index contributed by atoms with van der Waals surface area (Å²) in [5.41, 5.74) is 7.08. The van der Waals surface area contributed by atoms with Crippen LogP contribution in [0.25, 0.3) is 11.0 Å².